The number of hydrogen-bond acceptors (Lipinski definition) is 26. The van der Waals surface area contributed by atoms with Crippen LogP contribution in [0.1, 0.15) is 0 Å². The molecule has 5 aliphatic rings. The molecule has 0 amide bonds. The van der Waals surface area contributed by atoms with Crippen LogP contribution < -0.4 is 0 Å². The summed E-state index contributed by atoms with van der Waals surface area (Å²) in [6, 6.07) is 0. The molecule has 328 valence electrons. The molecule has 5 rings (SSSR count). The standard InChI is InChI=1S/C30H52O26/c31-1-6-11(34)16(39)19(42)27(51-6)48-4-9-14(37)24(22(45)26(47)50-9)55-30-23(46)25(56-29-21(44)18(41)13(36)8(3-33)53-29)15(38)10(54-30)5-49-28-20(43)17(40)12(35)7(2-32)52-28/h6-47H,1-5H2/t6-,7-,8-,9-,10-,11-,12-,13-,14-,15-,16+,17+,18+,19-,20-,21-,22-,23-,24+,25+,26+,27-,28-,29+,30+/m1/s1. The molecule has 5 aliphatic heterocycles. The van der Waals surface area contributed by atoms with E-state index in [1.165, 1.54) is 0 Å². The Morgan fingerprint density at radius 1 is 0.304 bits per heavy atom. The SMILES string of the molecule is OC[C@H]1O[C@@H](OC[C@H]2O[C@H](O)[C@H](O)[C@@H](O[C@@H]3O[C@H](CO[C@@H]4O[C@H](CO)[C@@H](O)[C@H](O)[C@H]4O)[C@@H](O)[C@H](O[C@@H]4O[C@H](CO)[C@@H](O)[C@H](O)[C@H]4O)[C@H]3O)[C@@H]2O)[C@H](O)[C@@H](O)[C@@H]1O. The Morgan fingerprint density at radius 3 is 1.04 bits per heavy atom. The van der Waals surface area contributed by atoms with Gasteiger partial charge in [0.25, 0.3) is 0 Å². The topological polar surface area (TPSA) is 427 Å². The van der Waals surface area contributed by atoms with Crippen LogP contribution in [0.3, 0.4) is 0 Å². The molecule has 0 radical (unpaired) electrons. The van der Waals surface area contributed by atoms with Crippen molar-refractivity contribution in [1.29, 1.82) is 0 Å². The zero-order valence-electron chi connectivity index (χ0n) is 29.2. The fourth-order valence-corrected chi connectivity index (χ4v) is 6.81. The molecule has 26 heteroatoms. The lowest BCUT2D eigenvalue weighted by atomic mass is 9.95. The molecule has 17 N–H and O–H groups in total. The predicted molar refractivity (Wildman–Crippen MR) is 167 cm³/mol. The molecule has 5 fully saturated rings. The van der Waals surface area contributed by atoms with E-state index in [1.807, 2.05) is 0 Å². The normalized spacial score (nSPS) is 53.2. The van der Waals surface area contributed by atoms with E-state index in [2.05, 4.69) is 0 Å². The van der Waals surface area contributed by atoms with Gasteiger partial charge in [0.05, 0.1) is 33.0 Å². The molecule has 0 unspecified atom stereocenters. The van der Waals surface area contributed by atoms with E-state index < -0.39 is 187 Å². The largest absolute Gasteiger partial charge is 0.394 e. The maximum Gasteiger partial charge on any atom is 0.187 e. The second-order valence-corrected chi connectivity index (χ2v) is 14.0. The zero-order valence-corrected chi connectivity index (χ0v) is 29.2. The number of hydrogen-bond donors (Lipinski definition) is 17. The highest BCUT2D eigenvalue weighted by Gasteiger charge is 2.55. The fourth-order valence-electron chi connectivity index (χ4n) is 6.81. The van der Waals surface area contributed by atoms with E-state index in [0.29, 0.717) is 0 Å². The molecule has 5 heterocycles. The fraction of sp³-hybridized carbons (Fsp3) is 1.00. The van der Waals surface area contributed by atoms with Crippen molar-refractivity contribution in [1.82, 2.24) is 0 Å². The molecule has 0 aromatic rings. The van der Waals surface area contributed by atoms with Crippen LogP contribution in [0, 0.1) is 0 Å². The molecule has 0 bridgehead atoms. The van der Waals surface area contributed by atoms with Crippen molar-refractivity contribution in [2.24, 2.45) is 0 Å². The van der Waals surface area contributed by atoms with Crippen LogP contribution in [0.4, 0.5) is 0 Å². The molecule has 0 spiro atoms. The van der Waals surface area contributed by atoms with E-state index in [9.17, 15) is 86.8 Å². The highest BCUT2D eigenvalue weighted by molar-refractivity contribution is 4.97. The Balaban J connectivity index is 1.34. The average molecular weight is 829 g/mol. The molecule has 0 aliphatic carbocycles. The summed E-state index contributed by atoms with van der Waals surface area (Å²) in [5, 5.41) is 176. The lowest BCUT2D eigenvalue weighted by molar-refractivity contribution is -0.385. The number of ether oxygens (including phenoxy) is 9. The summed E-state index contributed by atoms with van der Waals surface area (Å²) in [7, 11) is 0. The second kappa shape index (κ2) is 19.6. The molecular weight excluding hydrogens is 776 g/mol. The van der Waals surface area contributed by atoms with Gasteiger partial charge in [0, 0.05) is 0 Å². The van der Waals surface area contributed by atoms with Gasteiger partial charge >= 0.3 is 0 Å². The number of aliphatic hydroxyl groups excluding tert-OH is 17. The quantitative estimate of drug-likeness (QED) is 0.0819. The summed E-state index contributed by atoms with van der Waals surface area (Å²) >= 11 is 0. The third-order valence-electron chi connectivity index (χ3n) is 10.3. The molecule has 56 heavy (non-hydrogen) atoms. The van der Waals surface area contributed by atoms with Gasteiger partial charge in [-0.05, 0) is 0 Å². The van der Waals surface area contributed by atoms with E-state index >= 15 is 0 Å². The summed E-state index contributed by atoms with van der Waals surface area (Å²) in [6.45, 7) is -4.09. The first-order valence-corrected chi connectivity index (χ1v) is 17.6. The number of rotatable bonds is 13. The van der Waals surface area contributed by atoms with Gasteiger partial charge in [0.15, 0.2) is 31.5 Å². The van der Waals surface area contributed by atoms with Crippen molar-refractivity contribution in [2.45, 2.75) is 154 Å². The molecule has 0 aromatic carbocycles. The van der Waals surface area contributed by atoms with Gasteiger partial charge in [0.2, 0.25) is 0 Å². The Bertz CT molecular complexity index is 1200. The monoisotopic (exact) mass is 828 g/mol. The minimum Gasteiger partial charge on any atom is -0.394 e. The van der Waals surface area contributed by atoms with Gasteiger partial charge in [-0.2, -0.15) is 0 Å². The van der Waals surface area contributed by atoms with Crippen LogP contribution in [0.5, 0.6) is 0 Å². The lowest BCUT2D eigenvalue weighted by Gasteiger charge is -2.48. The Kier molecular flexibility index (Phi) is 16.1. The van der Waals surface area contributed by atoms with E-state index in [-0.39, 0.29) is 0 Å². The highest BCUT2D eigenvalue weighted by Crippen LogP contribution is 2.34. The van der Waals surface area contributed by atoms with Crippen molar-refractivity contribution in [3.63, 3.8) is 0 Å². The zero-order chi connectivity index (χ0) is 41.3. The predicted octanol–water partition coefficient (Wildman–Crippen LogP) is -11.9. The smallest absolute Gasteiger partial charge is 0.187 e. The second-order valence-electron chi connectivity index (χ2n) is 14.0. The summed E-state index contributed by atoms with van der Waals surface area (Å²) in [5.74, 6) is 0. The molecule has 26 nitrogen and oxygen atoms in total. The Labute approximate surface area is 316 Å². The summed E-state index contributed by atoms with van der Waals surface area (Å²) in [6.07, 6.45) is -46.3. The van der Waals surface area contributed by atoms with Crippen LogP contribution in [0.15, 0.2) is 0 Å². The first-order valence-electron chi connectivity index (χ1n) is 17.6. The first-order chi connectivity index (χ1) is 26.4. The minimum atomic E-state index is -2.18. The average Bonchev–Trinajstić information content (AvgIpc) is 3.18. The van der Waals surface area contributed by atoms with E-state index in [1.54, 1.807) is 0 Å². The Morgan fingerprint density at radius 2 is 0.625 bits per heavy atom. The van der Waals surface area contributed by atoms with Crippen molar-refractivity contribution in [3.8, 4) is 0 Å². The van der Waals surface area contributed by atoms with Crippen LogP contribution in [-0.2, 0) is 42.6 Å². The van der Waals surface area contributed by atoms with Gasteiger partial charge in [-0.25, -0.2) is 0 Å². The van der Waals surface area contributed by atoms with Crippen LogP contribution in [0.2, 0.25) is 0 Å². The lowest BCUT2D eigenvalue weighted by Crippen LogP contribution is -2.67. The van der Waals surface area contributed by atoms with Gasteiger partial charge in [-0.3, -0.25) is 0 Å². The minimum absolute atomic E-state index is 0.765. The molecular formula is C30H52O26. The summed E-state index contributed by atoms with van der Waals surface area (Å²) < 4.78 is 49.0. The maximum atomic E-state index is 11.4. The summed E-state index contributed by atoms with van der Waals surface area (Å²) in [4.78, 5) is 0. The van der Waals surface area contributed by atoms with Crippen LogP contribution in [0.25, 0.3) is 0 Å². The third-order valence-corrected chi connectivity index (χ3v) is 10.3. The van der Waals surface area contributed by atoms with Crippen LogP contribution in [-0.4, -0.2) is 273 Å². The van der Waals surface area contributed by atoms with Crippen molar-refractivity contribution in [2.75, 3.05) is 33.0 Å². The molecule has 5 saturated heterocycles. The molecule has 25 atom stereocenters. The number of aliphatic hydroxyl groups is 17. The highest BCUT2D eigenvalue weighted by atomic mass is 16.8. The first kappa shape index (κ1) is 46.0. The molecule has 0 saturated carbocycles. The van der Waals surface area contributed by atoms with Crippen molar-refractivity contribution >= 4 is 0 Å². The van der Waals surface area contributed by atoms with E-state index in [4.69, 9.17) is 42.6 Å². The Hall–Kier alpha value is -1.04. The van der Waals surface area contributed by atoms with Crippen molar-refractivity contribution in [3.05, 3.63) is 0 Å². The van der Waals surface area contributed by atoms with Gasteiger partial charge in [-0.15, -0.1) is 0 Å². The van der Waals surface area contributed by atoms with Gasteiger partial charge in [-0.1, -0.05) is 0 Å². The maximum absolute atomic E-state index is 11.4. The van der Waals surface area contributed by atoms with E-state index in [0.717, 1.165) is 0 Å². The summed E-state index contributed by atoms with van der Waals surface area (Å²) in [5.41, 5.74) is 0. The van der Waals surface area contributed by atoms with Gasteiger partial charge in [0.1, 0.15) is 122 Å². The van der Waals surface area contributed by atoms with Crippen molar-refractivity contribution < 1.29 is 129 Å². The van der Waals surface area contributed by atoms with Crippen LogP contribution >= 0.6 is 0 Å². The molecule has 0 aromatic heterocycles. The third kappa shape index (κ3) is 9.46. The van der Waals surface area contributed by atoms with Gasteiger partial charge < -0.3 is 129 Å².